The van der Waals surface area contributed by atoms with Crippen molar-refractivity contribution in [2.45, 2.75) is 38.8 Å². The number of hydrogen-bond donors (Lipinski definition) is 2. The van der Waals surface area contributed by atoms with Crippen molar-refractivity contribution >= 4 is 27.9 Å². The summed E-state index contributed by atoms with van der Waals surface area (Å²) in [6.45, 7) is 4.56. The highest BCUT2D eigenvalue weighted by Gasteiger charge is 2.37. The Morgan fingerprint density at radius 2 is 1.97 bits per heavy atom. The van der Waals surface area contributed by atoms with Gasteiger partial charge in [0.05, 0.1) is 11.7 Å². The summed E-state index contributed by atoms with van der Waals surface area (Å²) in [5, 5.41) is 2.86. The maximum Gasteiger partial charge on any atom is 0.317 e. The molecule has 1 aliphatic rings. The van der Waals surface area contributed by atoms with Gasteiger partial charge in [0.2, 0.25) is 5.91 Å². The van der Waals surface area contributed by atoms with Gasteiger partial charge in [0, 0.05) is 36.9 Å². The number of nitrogens with one attached hydrogen (secondary N) is 2. The minimum Gasteiger partial charge on any atom is -0.346 e. The van der Waals surface area contributed by atoms with E-state index in [2.05, 4.69) is 26.2 Å². The highest BCUT2D eigenvalue weighted by Crippen LogP contribution is 2.32. The summed E-state index contributed by atoms with van der Waals surface area (Å²) in [6.07, 6.45) is 3.65. The zero-order valence-electron chi connectivity index (χ0n) is 17.3. The van der Waals surface area contributed by atoms with Crippen LogP contribution in [0.15, 0.2) is 34.9 Å². The summed E-state index contributed by atoms with van der Waals surface area (Å²) in [5.74, 6) is 0.720. The molecule has 0 radical (unpaired) electrons. The molecule has 0 bridgehead atoms. The second-order valence-corrected chi connectivity index (χ2v) is 8.85. The number of aromatic nitrogens is 2. The molecule has 1 aromatic heterocycles. The average molecular weight is 462 g/mol. The summed E-state index contributed by atoms with van der Waals surface area (Å²) in [6, 6.07) is 7.05. The number of H-pyrrole nitrogens is 1. The van der Waals surface area contributed by atoms with Gasteiger partial charge >= 0.3 is 6.03 Å². The van der Waals surface area contributed by atoms with Crippen molar-refractivity contribution in [2.24, 2.45) is 5.92 Å². The Hall–Kier alpha value is -2.35. The zero-order chi connectivity index (χ0) is 21.1. The van der Waals surface area contributed by atoms with Crippen LogP contribution in [0.3, 0.4) is 0 Å². The van der Waals surface area contributed by atoms with E-state index in [4.69, 9.17) is 4.98 Å². The summed E-state index contributed by atoms with van der Waals surface area (Å²) < 4.78 is 1.02. The van der Waals surface area contributed by atoms with Crippen molar-refractivity contribution in [1.29, 1.82) is 0 Å². The van der Waals surface area contributed by atoms with Gasteiger partial charge in [-0.15, -0.1) is 0 Å². The lowest BCUT2D eigenvalue weighted by Crippen LogP contribution is -2.53. The normalized spacial score (nSPS) is 17.4. The van der Waals surface area contributed by atoms with Gasteiger partial charge in [0.25, 0.3) is 0 Å². The van der Waals surface area contributed by atoms with E-state index in [9.17, 15) is 9.59 Å². The summed E-state index contributed by atoms with van der Waals surface area (Å²) >= 11 is 3.45. The van der Waals surface area contributed by atoms with Crippen molar-refractivity contribution in [3.8, 4) is 11.3 Å². The number of aromatic amines is 1. The Morgan fingerprint density at radius 1 is 1.28 bits per heavy atom. The molecule has 156 valence electrons. The Balaban J connectivity index is 1.79. The van der Waals surface area contributed by atoms with E-state index >= 15 is 0 Å². The first-order chi connectivity index (χ1) is 13.8. The number of amides is 3. The molecule has 2 N–H and O–H groups in total. The van der Waals surface area contributed by atoms with Gasteiger partial charge in [0.15, 0.2) is 0 Å². The lowest BCUT2D eigenvalue weighted by molar-refractivity contribution is -0.135. The summed E-state index contributed by atoms with van der Waals surface area (Å²) in [7, 11) is 3.34. The van der Waals surface area contributed by atoms with Crippen LogP contribution < -0.4 is 5.32 Å². The topological polar surface area (TPSA) is 81.3 Å². The number of benzene rings is 1. The molecule has 1 aliphatic heterocycles. The van der Waals surface area contributed by atoms with Gasteiger partial charge < -0.3 is 20.1 Å². The molecule has 2 heterocycles. The minimum absolute atomic E-state index is 0.0115. The summed E-state index contributed by atoms with van der Waals surface area (Å²) in [5.41, 5.74) is 1.87. The van der Waals surface area contributed by atoms with Crippen LogP contribution in [0, 0.1) is 5.92 Å². The Bertz CT molecular complexity index is 862. The number of likely N-dealkylation sites (tertiary alicyclic amines) is 1. The molecule has 0 spiro atoms. The first kappa shape index (κ1) is 21.4. The fraction of sp³-hybridized carbons (Fsp3) is 0.476. The minimum atomic E-state index is -0.564. The first-order valence-corrected chi connectivity index (χ1v) is 10.7. The van der Waals surface area contributed by atoms with Crippen LogP contribution in [0.25, 0.3) is 11.3 Å². The van der Waals surface area contributed by atoms with Gasteiger partial charge in [-0.1, -0.05) is 41.9 Å². The molecule has 3 rings (SSSR count). The highest BCUT2D eigenvalue weighted by atomic mass is 79.9. The number of nitrogens with zero attached hydrogens (tertiary/aromatic N) is 3. The molecular weight excluding hydrogens is 434 g/mol. The monoisotopic (exact) mass is 461 g/mol. The van der Waals surface area contributed by atoms with E-state index in [1.165, 1.54) is 4.90 Å². The molecule has 0 saturated carbocycles. The fourth-order valence-corrected chi connectivity index (χ4v) is 3.81. The lowest BCUT2D eigenvalue weighted by atomic mass is 10.0. The molecule has 0 aliphatic carbocycles. The number of urea groups is 1. The average Bonchev–Trinajstić information content (AvgIpc) is 3.34. The fourth-order valence-electron chi connectivity index (χ4n) is 3.54. The second-order valence-electron chi connectivity index (χ2n) is 7.93. The van der Waals surface area contributed by atoms with E-state index in [-0.39, 0.29) is 23.9 Å². The van der Waals surface area contributed by atoms with E-state index in [1.54, 1.807) is 14.1 Å². The van der Waals surface area contributed by atoms with Gasteiger partial charge in [-0.25, -0.2) is 9.78 Å². The number of hydrogen-bond acceptors (Lipinski definition) is 3. The van der Waals surface area contributed by atoms with Crippen LogP contribution >= 0.6 is 15.9 Å². The van der Waals surface area contributed by atoms with Crippen molar-refractivity contribution in [1.82, 2.24) is 25.1 Å². The maximum atomic E-state index is 13.3. The molecule has 2 aromatic rings. The van der Waals surface area contributed by atoms with Crippen LogP contribution in [0.2, 0.25) is 0 Å². The van der Waals surface area contributed by atoms with Gasteiger partial charge in [-0.05, 0) is 30.9 Å². The SMILES string of the molecule is CC(C)C(NC(=O)N(C)C)C(=O)N1CCC[C@H]1c1nc(-c2ccc(Br)cc2)c[nH]1. The number of rotatable bonds is 5. The predicted octanol–water partition coefficient (Wildman–Crippen LogP) is 3.80. The zero-order valence-corrected chi connectivity index (χ0v) is 18.9. The van der Waals surface area contributed by atoms with Crippen molar-refractivity contribution in [2.75, 3.05) is 20.6 Å². The van der Waals surface area contributed by atoms with Gasteiger partial charge in [-0.2, -0.15) is 0 Å². The van der Waals surface area contributed by atoms with Crippen LogP contribution in [0.4, 0.5) is 4.79 Å². The quantitative estimate of drug-likeness (QED) is 0.710. The molecular formula is C21H28BrN5O2. The van der Waals surface area contributed by atoms with Crippen LogP contribution in [-0.4, -0.2) is 58.4 Å². The van der Waals surface area contributed by atoms with Crippen LogP contribution in [0.1, 0.15) is 38.6 Å². The van der Waals surface area contributed by atoms with Gasteiger partial charge in [0.1, 0.15) is 11.9 Å². The molecule has 3 amide bonds. The smallest absolute Gasteiger partial charge is 0.317 e. The van der Waals surface area contributed by atoms with Crippen molar-refractivity contribution in [3.63, 3.8) is 0 Å². The number of carbonyl (C=O) groups excluding carboxylic acids is 2. The predicted molar refractivity (Wildman–Crippen MR) is 116 cm³/mol. The molecule has 7 nitrogen and oxygen atoms in total. The largest absolute Gasteiger partial charge is 0.346 e. The van der Waals surface area contributed by atoms with E-state index in [1.807, 2.05) is 49.2 Å². The van der Waals surface area contributed by atoms with Crippen LogP contribution in [0.5, 0.6) is 0 Å². The van der Waals surface area contributed by atoms with E-state index < -0.39 is 6.04 Å². The molecule has 1 aromatic carbocycles. The third kappa shape index (κ3) is 4.80. The third-order valence-corrected chi connectivity index (χ3v) is 5.74. The molecule has 8 heteroatoms. The molecule has 2 atom stereocenters. The summed E-state index contributed by atoms with van der Waals surface area (Å²) in [4.78, 5) is 36.7. The maximum absolute atomic E-state index is 13.3. The van der Waals surface area contributed by atoms with E-state index in [0.29, 0.717) is 6.54 Å². The molecule has 1 saturated heterocycles. The highest BCUT2D eigenvalue weighted by molar-refractivity contribution is 9.10. The lowest BCUT2D eigenvalue weighted by Gasteiger charge is -2.31. The Labute approximate surface area is 180 Å². The number of imidazole rings is 1. The Morgan fingerprint density at radius 3 is 2.59 bits per heavy atom. The molecule has 1 fully saturated rings. The number of carbonyl (C=O) groups is 2. The first-order valence-electron chi connectivity index (χ1n) is 9.87. The third-order valence-electron chi connectivity index (χ3n) is 5.21. The molecule has 29 heavy (non-hydrogen) atoms. The van der Waals surface area contributed by atoms with Crippen molar-refractivity contribution < 1.29 is 9.59 Å². The van der Waals surface area contributed by atoms with Gasteiger partial charge in [-0.3, -0.25) is 4.79 Å². The van der Waals surface area contributed by atoms with Crippen LogP contribution in [-0.2, 0) is 4.79 Å². The standard InChI is InChI=1S/C21H28BrN5O2/c1-13(2)18(25-21(29)26(3)4)20(28)27-11-5-6-17(27)19-23-12-16(24-19)14-7-9-15(22)10-8-14/h7-10,12-13,17-18H,5-6,11H2,1-4H3,(H,23,24)(H,25,29)/t17-,18?/m0/s1. The van der Waals surface area contributed by atoms with Crippen molar-refractivity contribution in [3.05, 3.63) is 40.8 Å². The number of halogens is 1. The Kier molecular flexibility index (Phi) is 6.62. The molecule has 1 unspecified atom stereocenters. The second kappa shape index (κ2) is 8.98. The van der Waals surface area contributed by atoms with E-state index in [0.717, 1.165) is 34.4 Å².